The van der Waals surface area contributed by atoms with Crippen LogP contribution in [-0.4, -0.2) is 32.6 Å². The van der Waals surface area contributed by atoms with Crippen LogP contribution in [0.25, 0.3) is 10.9 Å². The quantitative estimate of drug-likeness (QED) is 0.276. The largest absolute Gasteiger partial charge is 0.353 e. The van der Waals surface area contributed by atoms with Crippen molar-refractivity contribution in [3.63, 3.8) is 0 Å². The summed E-state index contributed by atoms with van der Waals surface area (Å²) in [5.41, 5.74) is 2.69. The van der Waals surface area contributed by atoms with Gasteiger partial charge in [-0.15, -0.1) is 0 Å². The molecule has 7 nitrogen and oxygen atoms in total. The maximum Gasteiger partial charge on any atom is 0.293 e. The van der Waals surface area contributed by atoms with E-state index in [2.05, 4.69) is 38.4 Å². The molecular formula is C30H28ClN5O2. The first-order valence-electron chi connectivity index (χ1n) is 12.5. The Kier molecular flexibility index (Phi) is 7.85. The van der Waals surface area contributed by atoms with E-state index in [-0.39, 0.29) is 22.4 Å². The van der Waals surface area contributed by atoms with Crippen LogP contribution in [0.4, 0.5) is 5.82 Å². The number of nitrogens with zero attached hydrogens (tertiary/aromatic N) is 3. The Hall–Kier alpha value is -4.36. The van der Waals surface area contributed by atoms with Gasteiger partial charge < -0.3 is 19.8 Å². The molecule has 0 saturated carbocycles. The third kappa shape index (κ3) is 6.12. The maximum atomic E-state index is 13.4. The number of hydrogen-bond acceptors (Lipinski definition) is 4. The van der Waals surface area contributed by atoms with E-state index in [0.717, 1.165) is 22.0 Å². The molecule has 2 heterocycles. The molecule has 2 aromatic heterocycles. The predicted octanol–water partition coefficient (Wildman–Crippen LogP) is 4.74. The Morgan fingerprint density at radius 3 is 2.32 bits per heavy atom. The SMILES string of the molecule is O=C(NCCn1ccc2ccccc21)C(Cc1ccccc1)Nc1nc(Cl)cn(Cc2ccccc2)c1=O. The lowest BCUT2D eigenvalue weighted by molar-refractivity contribution is -0.121. The number of carbonyl (C=O) groups excluding carboxylic acids is 1. The van der Waals surface area contributed by atoms with Gasteiger partial charge in [-0.05, 0) is 28.6 Å². The van der Waals surface area contributed by atoms with Crippen LogP contribution in [0.3, 0.4) is 0 Å². The van der Waals surface area contributed by atoms with Crippen molar-refractivity contribution in [1.29, 1.82) is 0 Å². The normalized spacial score (nSPS) is 11.8. The summed E-state index contributed by atoms with van der Waals surface area (Å²) in [6.45, 7) is 1.40. The second kappa shape index (κ2) is 11.8. The average Bonchev–Trinajstić information content (AvgIpc) is 3.35. The smallest absolute Gasteiger partial charge is 0.293 e. The summed E-state index contributed by atoms with van der Waals surface area (Å²) < 4.78 is 3.61. The van der Waals surface area contributed by atoms with E-state index in [1.165, 1.54) is 10.8 Å². The van der Waals surface area contributed by atoms with Crippen molar-refractivity contribution in [3.05, 3.63) is 130 Å². The highest BCUT2D eigenvalue weighted by atomic mass is 35.5. The minimum absolute atomic E-state index is 0.0425. The van der Waals surface area contributed by atoms with Gasteiger partial charge in [-0.25, -0.2) is 4.98 Å². The van der Waals surface area contributed by atoms with Crippen molar-refractivity contribution < 1.29 is 4.79 Å². The summed E-state index contributed by atoms with van der Waals surface area (Å²) in [7, 11) is 0. The highest BCUT2D eigenvalue weighted by molar-refractivity contribution is 6.29. The Bertz CT molecular complexity index is 1580. The van der Waals surface area contributed by atoms with E-state index in [0.29, 0.717) is 26.1 Å². The van der Waals surface area contributed by atoms with Crippen LogP contribution in [0.5, 0.6) is 0 Å². The minimum atomic E-state index is -0.720. The summed E-state index contributed by atoms with van der Waals surface area (Å²) in [6, 6.07) is 28.8. The van der Waals surface area contributed by atoms with Crippen LogP contribution >= 0.6 is 11.6 Å². The number of amides is 1. The highest BCUT2D eigenvalue weighted by Crippen LogP contribution is 2.15. The molecular weight excluding hydrogens is 498 g/mol. The summed E-state index contributed by atoms with van der Waals surface area (Å²) in [6.07, 6.45) is 3.91. The topological polar surface area (TPSA) is 81.0 Å². The molecule has 0 aliphatic heterocycles. The molecule has 0 fully saturated rings. The van der Waals surface area contributed by atoms with Crippen LogP contribution in [0.15, 0.2) is 108 Å². The summed E-state index contributed by atoms with van der Waals surface area (Å²) >= 11 is 6.29. The molecule has 0 aliphatic carbocycles. The van der Waals surface area contributed by atoms with Gasteiger partial charge in [0.15, 0.2) is 5.82 Å². The maximum absolute atomic E-state index is 13.4. The minimum Gasteiger partial charge on any atom is -0.353 e. The van der Waals surface area contributed by atoms with Gasteiger partial charge in [0.1, 0.15) is 11.2 Å². The highest BCUT2D eigenvalue weighted by Gasteiger charge is 2.22. The molecule has 1 unspecified atom stereocenters. The lowest BCUT2D eigenvalue weighted by atomic mass is 10.1. The lowest BCUT2D eigenvalue weighted by Gasteiger charge is -2.20. The summed E-state index contributed by atoms with van der Waals surface area (Å²) in [4.78, 5) is 30.9. The van der Waals surface area contributed by atoms with Crippen molar-refractivity contribution in [2.75, 3.05) is 11.9 Å². The van der Waals surface area contributed by atoms with Crippen molar-refractivity contribution >= 4 is 34.2 Å². The molecule has 0 bridgehead atoms. The standard InChI is InChI=1S/C30H28ClN5O2/c31-27-21-36(20-23-11-5-2-6-12-23)30(38)28(34-27)33-25(19-22-9-3-1-4-10-22)29(37)32-16-18-35-17-15-24-13-7-8-14-26(24)35/h1-15,17,21,25H,16,18-20H2,(H,32,37)(H,33,34). The van der Waals surface area contributed by atoms with Crippen molar-refractivity contribution in [2.45, 2.75) is 25.6 Å². The van der Waals surface area contributed by atoms with Gasteiger partial charge in [-0.2, -0.15) is 0 Å². The van der Waals surface area contributed by atoms with Gasteiger partial charge >= 0.3 is 0 Å². The van der Waals surface area contributed by atoms with Crippen LogP contribution in [0, 0.1) is 0 Å². The van der Waals surface area contributed by atoms with Crippen LogP contribution < -0.4 is 16.2 Å². The molecule has 8 heteroatoms. The first kappa shape index (κ1) is 25.3. The Labute approximate surface area is 225 Å². The van der Waals surface area contributed by atoms with Crippen molar-refractivity contribution in [1.82, 2.24) is 19.4 Å². The van der Waals surface area contributed by atoms with Gasteiger partial charge in [0.2, 0.25) is 5.91 Å². The zero-order valence-electron chi connectivity index (χ0n) is 20.8. The number of nitrogens with one attached hydrogen (secondary N) is 2. The van der Waals surface area contributed by atoms with Crippen LogP contribution in [0.2, 0.25) is 5.15 Å². The Balaban J connectivity index is 1.34. The average molecular weight is 526 g/mol. The number of para-hydroxylation sites is 1. The third-order valence-corrected chi connectivity index (χ3v) is 6.56. The molecule has 3 aromatic carbocycles. The molecule has 5 aromatic rings. The zero-order valence-corrected chi connectivity index (χ0v) is 21.5. The number of hydrogen-bond donors (Lipinski definition) is 2. The molecule has 0 saturated heterocycles. The van der Waals surface area contributed by atoms with Gasteiger partial charge in [-0.1, -0.05) is 90.5 Å². The lowest BCUT2D eigenvalue weighted by Crippen LogP contribution is -2.43. The number of aromatic nitrogens is 3. The number of carbonyl (C=O) groups is 1. The first-order chi connectivity index (χ1) is 18.6. The van der Waals surface area contributed by atoms with E-state index < -0.39 is 6.04 Å². The van der Waals surface area contributed by atoms with E-state index in [9.17, 15) is 9.59 Å². The summed E-state index contributed by atoms with van der Waals surface area (Å²) in [5, 5.41) is 7.43. The molecule has 2 N–H and O–H groups in total. The number of anilines is 1. The fourth-order valence-corrected chi connectivity index (χ4v) is 4.68. The second-order valence-corrected chi connectivity index (χ2v) is 9.46. The van der Waals surface area contributed by atoms with Crippen LogP contribution in [-0.2, 0) is 24.3 Å². The Morgan fingerprint density at radius 2 is 1.55 bits per heavy atom. The number of benzene rings is 3. The Morgan fingerprint density at radius 1 is 0.868 bits per heavy atom. The van der Waals surface area contributed by atoms with E-state index in [1.54, 1.807) is 0 Å². The van der Waals surface area contributed by atoms with Gasteiger partial charge in [0.25, 0.3) is 5.56 Å². The molecule has 0 radical (unpaired) electrons. The fourth-order valence-electron chi connectivity index (χ4n) is 4.48. The van der Waals surface area contributed by atoms with Crippen molar-refractivity contribution in [3.8, 4) is 0 Å². The monoisotopic (exact) mass is 525 g/mol. The van der Waals surface area contributed by atoms with Crippen molar-refractivity contribution in [2.24, 2.45) is 0 Å². The second-order valence-electron chi connectivity index (χ2n) is 9.08. The van der Waals surface area contributed by atoms with Gasteiger partial charge in [0, 0.05) is 37.4 Å². The van der Waals surface area contributed by atoms with E-state index in [4.69, 9.17) is 11.6 Å². The number of fused-ring (bicyclic) bond motifs is 1. The molecule has 0 aliphatic rings. The molecule has 1 atom stereocenters. The zero-order chi connectivity index (χ0) is 26.3. The third-order valence-electron chi connectivity index (χ3n) is 6.38. The molecule has 1 amide bonds. The van der Waals surface area contributed by atoms with Gasteiger partial charge in [-0.3, -0.25) is 9.59 Å². The molecule has 5 rings (SSSR count). The van der Waals surface area contributed by atoms with E-state index in [1.807, 2.05) is 79.0 Å². The first-order valence-corrected chi connectivity index (χ1v) is 12.9. The summed E-state index contributed by atoms with van der Waals surface area (Å²) in [5.74, 6) is -0.179. The van der Waals surface area contributed by atoms with Gasteiger partial charge in [0.05, 0.1) is 6.54 Å². The molecule has 0 spiro atoms. The van der Waals surface area contributed by atoms with E-state index >= 15 is 0 Å². The number of halogens is 1. The molecule has 38 heavy (non-hydrogen) atoms. The predicted molar refractivity (Wildman–Crippen MR) is 152 cm³/mol. The van der Waals surface area contributed by atoms with Crippen LogP contribution in [0.1, 0.15) is 11.1 Å². The molecule has 192 valence electrons. The fraction of sp³-hybridized carbons (Fsp3) is 0.167. The number of rotatable bonds is 10.